The van der Waals surface area contributed by atoms with Crippen molar-refractivity contribution >= 4 is 44.6 Å². The average molecular weight is 541 g/mol. The molecule has 42 heavy (non-hydrogen) atoms. The second-order valence-electron chi connectivity index (χ2n) is 10.2. The summed E-state index contributed by atoms with van der Waals surface area (Å²) >= 11 is 0. The minimum atomic E-state index is 0.616. The van der Waals surface area contributed by atoms with E-state index in [0.29, 0.717) is 5.70 Å². The van der Waals surface area contributed by atoms with Crippen molar-refractivity contribution in [2.75, 3.05) is 0 Å². The molecule has 2 heteroatoms. The van der Waals surface area contributed by atoms with Crippen LogP contribution in [0.25, 0.3) is 60.6 Å². The molecular formula is C40H32N2. The number of hydrogen-bond acceptors (Lipinski definition) is 2. The lowest BCUT2D eigenvalue weighted by Gasteiger charge is -2.19. The SMILES string of the molecule is C\C=C/C=C(N)/C(/C=C/c1ccc(-c2c3ccccc3c(-c3ccccc3)c3ccccc23)c2ccccc12)=C/C=N. The van der Waals surface area contributed by atoms with E-state index >= 15 is 0 Å². The monoisotopic (exact) mass is 540 g/mol. The Morgan fingerprint density at radius 1 is 0.595 bits per heavy atom. The molecule has 0 atom stereocenters. The standard InChI is InChI=1S/C40H32N2/c1-2-3-21-38(42)29(26-27-41)23-22-28-24-25-37(32-16-8-7-15-31(28)32)40-35-19-11-9-17-33(35)39(30-13-5-4-6-14-30)34-18-10-12-20-36(34)40/h2-27,41H,42H2,1H3/b3-2-,23-22+,29-26+,38-21-,41-27?. The van der Waals surface area contributed by atoms with Crippen molar-refractivity contribution in [3.05, 3.63) is 162 Å². The van der Waals surface area contributed by atoms with E-state index in [1.54, 1.807) is 6.08 Å². The molecule has 0 aliphatic carbocycles. The normalized spacial score (nSPS) is 12.7. The summed E-state index contributed by atoms with van der Waals surface area (Å²) < 4.78 is 0. The largest absolute Gasteiger partial charge is 0.398 e. The average Bonchev–Trinajstić information content (AvgIpc) is 3.04. The van der Waals surface area contributed by atoms with Crippen LogP contribution in [0.15, 0.2) is 157 Å². The molecule has 6 rings (SSSR count). The Hall–Kier alpha value is -5.47. The van der Waals surface area contributed by atoms with Gasteiger partial charge >= 0.3 is 0 Å². The smallest absolute Gasteiger partial charge is 0.0388 e. The minimum Gasteiger partial charge on any atom is -0.398 e. The third-order valence-electron chi connectivity index (χ3n) is 7.73. The van der Waals surface area contributed by atoms with E-state index in [9.17, 15) is 0 Å². The Labute approximate surface area is 247 Å². The lowest BCUT2D eigenvalue weighted by molar-refractivity contribution is 1.36. The van der Waals surface area contributed by atoms with Crippen molar-refractivity contribution in [3.63, 3.8) is 0 Å². The van der Waals surface area contributed by atoms with Gasteiger partial charge in [-0.25, -0.2) is 0 Å². The summed E-state index contributed by atoms with van der Waals surface area (Å²) in [6.45, 7) is 1.95. The molecule has 6 aromatic rings. The highest BCUT2D eigenvalue weighted by molar-refractivity contribution is 6.23. The Bertz CT molecular complexity index is 2000. The van der Waals surface area contributed by atoms with Crippen molar-refractivity contribution in [1.82, 2.24) is 0 Å². The minimum absolute atomic E-state index is 0.616. The number of rotatable bonds is 7. The predicted octanol–water partition coefficient (Wildman–Crippen LogP) is 10.5. The topological polar surface area (TPSA) is 49.9 Å². The molecule has 0 aliphatic heterocycles. The molecule has 0 spiro atoms. The third kappa shape index (κ3) is 4.95. The zero-order valence-electron chi connectivity index (χ0n) is 23.6. The molecule has 0 saturated carbocycles. The highest BCUT2D eigenvalue weighted by atomic mass is 14.6. The molecule has 0 radical (unpaired) electrons. The summed E-state index contributed by atoms with van der Waals surface area (Å²) in [4.78, 5) is 0. The maximum Gasteiger partial charge on any atom is 0.0388 e. The second-order valence-corrected chi connectivity index (χ2v) is 10.2. The summed E-state index contributed by atoms with van der Waals surface area (Å²) in [6.07, 6.45) is 12.8. The van der Waals surface area contributed by atoms with Crippen molar-refractivity contribution in [3.8, 4) is 22.3 Å². The zero-order chi connectivity index (χ0) is 28.9. The van der Waals surface area contributed by atoms with Gasteiger partial charge in [-0.3, -0.25) is 0 Å². The van der Waals surface area contributed by atoms with Crippen LogP contribution in [0.2, 0.25) is 0 Å². The number of benzene rings is 6. The summed E-state index contributed by atoms with van der Waals surface area (Å²) in [7, 11) is 0. The molecule has 0 fully saturated rings. The first-order valence-electron chi connectivity index (χ1n) is 14.2. The van der Waals surface area contributed by atoms with E-state index in [1.807, 2.05) is 31.2 Å². The lowest BCUT2D eigenvalue weighted by Crippen LogP contribution is -1.99. The fraction of sp³-hybridized carbons (Fsp3) is 0.0250. The van der Waals surface area contributed by atoms with Crippen molar-refractivity contribution < 1.29 is 0 Å². The number of allylic oxidation sites excluding steroid dienone is 5. The van der Waals surface area contributed by atoms with Crippen LogP contribution in [0, 0.1) is 5.41 Å². The van der Waals surface area contributed by atoms with Gasteiger partial charge in [0.25, 0.3) is 0 Å². The van der Waals surface area contributed by atoms with Crippen molar-refractivity contribution in [2.24, 2.45) is 5.73 Å². The molecule has 0 aliphatic rings. The van der Waals surface area contributed by atoms with Crippen LogP contribution < -0.4 is 5.73 Å². The zero-order valence-corrected chi connectivity index (χ0v) is 23.6. The first kappa shape index (κ1) is 26.7. The molecule has 0 saturated heterocycles. The van der Waals surface area contributed by atoms with Gasteiger partial charge < -0.3 is 11.1 Å². The van der Waals surface area contributed by atoms with Gasteiger partial charge in [0.15, 0.2) is 0 Å². The van der Waals surface area contributed by atoms with Gasteiger partial charge in [-0.05, 0) is 84.8 Å². The van der Waals surface area contributed by atoms with Gasteiger partial charge in [-0.2, -0.15) is 0 Å². The maximum absolute atomic E-state index is 7.61. The van der Waals surface area contributed by atoms with E-state index in [-0.39, 0.29) is 0 Å². The summed E-state index contributed by atoms with van der Waals surface area (Å²) in [6, 6.07) is 41.3. The highest BCUT2D eigenvalue weighted by Gasteiger charge is 2.18. The van der Waals surface area contributed by atoms with Gasteiger partial charge in [0.05, 0.1) is 0 Å². The second kappa shape index (κ2) is 12.0. The molecule has 6 aromatic carbocycles. The van der Waals surface area contributed by atoms with Crippen molar-refractivity contribution in [1.29, 1.82) is 5.41 Å². The molecule has 202 valence electrons. The van der Waals surface area contributed by atoms with Gasteiger partial charge in [0.2, 0.25) is 0 Å². The third-order valence-corrected chi connectivity index (χ3v) is 7.73. The number of nitrogens with one attached hydrogen (secondary N) is 1. The first-order valence-corrected chi connectivity index (χ1v) is 14.2. The summed E-state index contributed by atoms with van der Waals surface area (Å²) in [5.74, 6) is 0. The maximum atomic E-state index is 7.61. The van der Waals surface area contributed by atoms with Gasteiger partial charge in [0, 0.05) is 11.9 Å². The first-order chi connectivity index (χ1) is 20.7. The van der Waals surface area contributed by atoms with E-state index in [4.69, 9.17) is 11.1 Å². The molecule has 0 bridgehead atoms. The van der Waals surface area contributed by atoms with Crippen LogP contribution in [-0.2, 0) is 0 Å². The summed E-state index contributed by atoms with van der Waals surface area (Å²) in [5, 5.41) is 14.9. The Kier molecular flexibility index (Phi) is 7.61. The summed E-state index contributed by atoms with van der Waals surface area (Å²) in [5.41, 5.74) is 13.8. The van der Waals surface area contributed by atoms with Crippen LogP contribution in [0.5, 0.6) is 0 Å². The van der Waals surface area contributed by atoms with E-state index in [2.05, 4.69) is 121 Å². The van der Waals surface area contributed by atoms with Gasteiger partial charge in [0.1, 0.15) is 0 Å². The van der Waals surface area contributed by atoms with E-state index in [0.717, 1.165) is 16.5 Å². The quantitative estimate of drug-likeness (QED) is 0.118. The fourth-order valence-electron chi connectivity index (χ4n) is 5.83. The van der Waals surface area contributed by atoms with Crippen molar-refractivity contribution in [2.45, 2.75) is 6.92 Å². The molecule has 3 N–H and O–H groups in total. The highest BCUT2D eigenvalue weighted by Crippen LogP contribution is 2.45. The molecule has 0 heterocycles. The fourth-order valence-corrected chi connectivity index (χ4v) is 5.83. The van der Waals surface area contributed by atoms with Gasteiger partial charge in [-0.1, -0.05) is 140 Å². The predicted molar refractivity (Wildman–Crippen MR) is 183 cm³/mol. The number of nitrogens with two attached hydrogens (primary N) is 1. The lowest BCUT2D eigenvalue weighted by atomic mass is 9.84. The molecule has 0 unspecified atom stereocenters. The molecular weight excluding hydrogens is 508 g/mol. The van der Waals surface area contributed by atoms with E-state index in [1.165, 1.54) is 55.4 Å². The van der Waals surface area contributed by atoms with Crippen LogP contribution in [-0.4, -0.2) is 6.21 Å². The molecule has 0 aromatic heterocycles. The Balaban J connectivity index is 1.60. The molecule has 0 amide bonds. The van der Waals surface area contributed by atoms with Crippen LogP contribution >= 0.6 is 0 Å². The number of hydrogen-bond donors (Lipinski definition) is 2. The number of fused-ring (bicyclic) bond motifs is 3. The van der Waals surface area contributed by atoms with E-state index < -0.39 is 0 Å². The van der Waals surface area contributed by atoms with Crippen LogP contribution in [0.4, 0.5) is 0 Å². The molecule has 2 nitrogen and oxygen atoms in total. The van der Waals surface area contributed by atoms with Crippen LogP contribution in [0.1, 0.15) is 12.5 Å². The Morgan fingerprint density at radius 3 is 1.74 bits per heavy atom. The Morgan fingerprint density at radius 2 is 1.14 bits per heavy atom. The van der Waals surface area contributed by atoms with Gasteiger partial charge in [-0.15, -0.1) is 0 Å². The van der Waals surface area contributed by atoms with Crippen LogP contribution in [0.3, 0.4) is 0 Å².